The van der Waals surface area contributed by atoms with Crippen LogP contribution in [0.2, 0.25) is 0 Å². The van der Waals surface area contributed by atoms with Crippen LogP contribution in [-0.4, -0.2) is 5.91 Å². The topological polar surface area (TPSA) is 43.1 Å². The fraction of sp³-hybridized carbons (Fsp3) is 0.556. The SMILES string of the molecule is C=C[C](CCCCC)C(N)=O. The van der Waals surface area contributed by atoms with Crippen LogP contribution in [-0.2, 0) is 4.79 Å². The molecule has 0 saturated heterocycles. The van der Waals surface area contributed by atoms with Gasteiger partial charge in [0, 0.05) is 0 Å². The highest BCUT2D eigenvalue weighted by Gasteiger charge is 2.10. The van der Waals surface area contributed by atoms with Crippen LogP contribution in [0.15, 0.2) is 12.7 Å². The Hall–Kier alpha value is -0.790. The first-order valence-corrected chi connectivity index (χ1v) is 4.00. The van der Waals surface area contributed by atoms with Gasteiger partial charge in [-0.25, -0.2) is 0 Å². The third-order valence-electron chi connectivity index (χ3n) is 1.61. The Morgan fingerprint density at radius 2 is 2.18 bits per heavy atom. The molecule has 0 heterocycles. The minimum atomic E-state index is -0.337. The van der Waals surface area contributed by atoms with Crippen LogP contribution in [0.4, 0.5) is 0 Å². The van der Waals surface area contributed by atoms with Crippen molar-refractivity contribution in [1.82, 2.24) is 0 Å². The molecule has 0 unspecified atom stereocenters. The van der Waals surface area contributed by atoms with E-state index >= 15 is 0 Å². The van der Waals surface area contributed by atoms with Crippen molar-refractivity contribution in [3.8, 4) is 0 Å². The Morgan fingerprint density at radius 3 is 2.55 bits per heavy atom. The smallest absolute Gasteiger partial charge is 0.228 e. The summed E-state index contributed by atoms with van der Waals surface area (Å²) in [6, 6.07) is 0. The van der Waals surface area contributed by atoms with Gasteiger partial charge in [0.25, 0.3) is 0 Å². The highest BCUT2D eigenvalue weighted by molar-refractivity contribution is 5.90. The van der Waals surface area contributed by atoms with Crippen LogP contribution >= 0.6 is 0 Å². The van der Waals surface area contributed by atoms with E-state index in [0.29, 0.717) is 5.92 Å². The lowest BCUT2D eigenvalue weighted by molar-refractivity contribution is -0.116. The van der Waals surface area contributed by atoms with Crippen molar-refractivity contribution in [3.05, 3.63) is 18.6 Å². The van der Waals surface area contributed by atoms with E-state index in [1.54, 1.807) is 6.08 Å². The minimum Gasteiger partial charge on any atom is -0.369 e. The molecule has 2 N–H and O–H groups in total. The summed E-state index contributed by atoms with van der Waals surface area (Å²) in [6.07, 6.45) is 5.65. The molecule has 0 aliphatic rings. The van der Waals surface area contributed by atoms with Crippen LogP contribution in [0.5, 0.6) is 0 Å². The van der Waals surface area contributed by atoms with Crippen LogP contribution in [0.3, 0.4) is 0 Å². The minimum absolute atomic E-state index is 0.337. The lowest BCUT2D eigenvalue weighted by Gasteiger charge is -2.05. The molecular weight excluding hydrogens is 138 g/mol. The van der Waals surface area contributed by atoms with Crippen molar-refractivity contribution in [1.29, 1.82) is 0 Å². The Morgan fingerprint density at radius 1 is 1.55 bits per heavy atom. The van der Waals surface area contributed by atoms with Crippen LogP contribution in [0, 0.1) is 5.92 Å². The molecule has 0 bridgehead atoms. The molecule has 0 spiro atoms. The summed E-state index contributed by atoms with van der Waals surface area (Å²) < 4.78 is 0. The quantitative estimate of drug-likeness (QED) is 0.582. The Bertz CT molecular complexity index is 132. The number of unbranched alkanes of at least 4 members (excludes halogenated alkanes) is 2. The van der Waals surface area contributed by atoms with E-state index in [0.717, 1.165) is 25.7 Å². The highest BCUT2D eigenvalue weighted by Crippen LogP contribution is 2.11. The molecule has 0 atom stereocenters. The van der Waals surface area contributed by atoms with Crippen LogP contribution < -0.4 is 5.73 Å². The van der Waals surface area contributed by atoms with Crippen molar-refractivity contribution >= 4 is 5.91 Å². The summed E-state index contributed by atoms with van der Waals surface area (Å²) in [4.78, 5) is 10.6. The molecule has 1 amide bonds. The highest BCUT2D eigenvalue weighted by atomic mass is 16.1. The molecule has 0 aromatic heterocycles. The van der Waals surface area contributed by atoms with Gasteiger partial charge >= 0.3 is 0 Å². The molecule has 0 aromatic carbocycles. The Labute approximate surface area is 68.5 Å². The summed E-state index contributed by atoms with van der Waals surface area (Å²) in [6.45, 7) is 5.65. The van der Waals surface area contributed by atoms with E-state index in [4.69, 9.17) is 5.73 Å². The fourth-order valence-electron chi connectivity index (χ4n) is 0.891. The summed E-state index contributed by atoms with van der Waals surface area (Å²) in [5.74, 6) is 0.314. The normalized spacial score (nSPS) is 10.0. The monoisotopic (exact) mass is 154 g/mol. The predicted molar refractivity (Wildman–Crippen MR) is 46.8 cm³/mol. The van der Waals surface area contributed by atoms with Gasteiger partial charge in [-0.3, -0.25) is 4.79 Å². The molecule has 63 valence electrons. The Kier molecular flexibility index (Phi) is 5.53. The number of hydrogen-bond acceptors (Lipinski definition) is 1. The van der Waals surface area contributed by atoms with Gasteiger partial charge in [0.15, 0.2) is 0 Å². The second-order valence-corrected chi connectivity index (χ2v) is 2.55. The second-order valence-electron chi connectivity index (χ2n) is 2.55. The molecule has 2 heteroatoms. The largest absolute Gasteiger partial charge is 0.369 e. The first-order chi connectivity index (χ1) is 5.22. The first-order valence-electron chi connectivity index (χ1n) is 4.00. The maximum atomic E-state index is 10.6. The summed E-state index contributed by atoms with van der Waals surface area (Å²) in [7, 11) is 0. The Balaban J connectivity index is 3.52. The molecule has 0 saturated carbocycles. The van der Waals surface area contributed by atoms with E-state index < -0.39 is 0 Å². The number of amides is 1. The van der Waals surface area contributed by atoms with Gasteiger partial charge < -0.3 is 5.73 Å². The van der Waals surface area contributed by atoms with Gasteiger partial charge in [0.2, 0.25) is 5.91 Å². The van der Waals surface area contributed by atoms with Gasteiger partial charge in [-0.05, 0) is 6.42 Å². The van der Waals surface area contributed by atoms with E-state index in [2.05, 4.69) is 13.5 Å². The average molecular weight is 154 g/mol. The molecule has 11 heavy (non-hydrogen) atoms. The maximum absolute atomic E-state index is 10.6. The van der Waals surface area contributed by atoms with Gasteiger partial charge in [-0.2, -0.15) is 0 Å². The zero-order valence-corrected chi connectivity index (χ0v) is 7.10. The van der Waals surface area contributed by atoms with Crippen LogP contribution in [0.25, 0.3) is 0 Å². The van der Waals surface area contributed by atoms with Crippen molar-refractivity contribution in [2.75, 3.05) is 0 Å². The van der Waals surface area contributed by atoms with Gasteiger partial charge in [0.05, 0.1) is 5.92 Å². The standard InChI is InChI=1S/C9H16NO/c1-3-5-6-7-8(4-2)9(10)11/h4H,2-3,5-7H2,1H3,(H2,10,11). The van der Waals surface area contributed by atoms with E-state index in [-0.39, 0.29) is 5.91 Å². The lowest BCUT2D eigenvalue weighted by atomic mass is 10.0. The fourth-order valence-corrected chi connectivity index (χ4v) is 0.891. The number of hydrogen-bond donors (Lipinski definition) is 1. The molecule has 0 aliphatic heterocycles. The molecule has 1 radical (unpaired) electrons. The molecule has 2 nitrogen and oxygen atoms in total. The summed E-state index contributed by atoms with van der Waals surface area (Å²) in [5, 5.41) is 0. The summed E-state index contributed by atoms with van der Waals surface area (Å²) >= 11 is 0. The van der Waals surface area contributed by atoms with E-state index in [1.165, 1.54) is 0 Å². The van der Waals surface area contributed by atoms with Gasteiger partial charge in [0.1, 0.15) is 0 Å². The maximum Gasteiger partial charge on any atom is 0.228 e. The van der Waals surface area contributed by atoms with Gasteiger partial charge in [-0.1, -0.05) is 32.3 Å². The zero-order valence-electron chi connectivity index (χ0n) is 7.10. The first kappa shape index (κ1) is 10.2. The zero-order chi connectivity index (χ0) is 8.69. The third kappa shape index (κ3) is 4.59. The van der Waals surface area contributed by atoms with Crippen molar-refractivity contribution < 1.29 is 4.79 Å². The van der Waals surface area contributed by atoms with E-state index in [9.17, 15) is 4.79 Å². The third-order valence-corrected chi connectivity index (χ3v) is 1.61. The molecule has 0 aromatic rings. The number of nitrogens with two attached hydrogens (primary N) is 1. The average Bonchev–Trinajstić information content (AvgIpc) is 1.97. The van der Waals surface area contributed by atoms with Crippen molar-refractivity contribution in [3.63, 3.8) is 0 Å². The van der Waals surface area contributed by atoms with E-state index in [1.807, 2.05) is 0 Å². The predicted octanol–water partition coefficient (Wildman–Crippen LogP) is 1.81. The number of carbonyl (C=O) groups excluding carboxylic acids is 1. The van der Waals surface area contributed by atoms with Crippen molar-refractivity contribution in [2.24, 2.45) is 5.73 Å². The lowest BCUT2D eigenvalue weighted by Crippen LogP contribution is -2.19. The molecule has 0 rings (SSSR count). The number of rotatable bonds is 6. The molecular formula is C9H16NO. The second kappa shape index (κ2) is 5.96. The number of carbonyl (C=O) groups is 1. The molecule has 0 fully saturated rings. The van der Waals surface area contributed by atoms with Crippen LogP contribution in [0.1, 0.15) is 32.6 Å². The number of primary amides is 1. The van der Waals surface area contributed by atoms with Crippen molar-refractivity contribution in [2.45, 2.75) is 32.6 Å². The molecule has 0 aliphatic carbocycles. The summed E-state index contributed by atoms with van der Waals surface area (Å²) in [5.41, 5.74) is 5.08. The van der Waals surface area contributed by atoms with Gasteiger partial charge in [-0.15, -0.1) is 6.58 Å².